The number of alkyl carbamates (subject to hydrolysis) is 1. The molecule has 1 aliphatic carbocycles. The SMILES string of the molecule is CCC[C@H](CC(=O)NCC(C(=O)O)C(C)C)NC(=O)OCC1c2ccccc2-c2ccccc21. The van der Waals surface area contributed by atoms with Crippen LogP contribution in [0.2, 0.25) is 0 Å². The molecule has 2 atom stereocenters. The van der Waals surface area contributed by atoms with Gasteiger partial charge < -0.3 is 20.5 Å². The maximum atomic E-state index is 12.6. The van der Waals surface area contributed by atoms with Gasteiger partial charge in [0.2, 0.25) is 5.91 Å². The van der Waals surface area contributed by atoms with E-state index in [1.165, 1.54) is 0 Å². The van der Waals surface area contributed by atoms with Crippen molar-refractivity contribution in [3.8, 4) is 11.1 Å². The molecular weight excluding hydrogens is 432 g/mol. The number of benzene rings is 2. The molecule has 0 saturated heterocycles. The number of hydrogen-bond donors (Lipinski definition) is 3. The number of hydrogen-bond acceptors (Lipinski definition) is 4. The number of carboxylic acids is 1. The summed E-state index contributed by atoms with van der Waals surface area (Å²) in [5.74, 6) is -2.00. The quantitative estimate of drug-likeness (QED) is 0.450. The predicted molar refractivity (Wildman–Crippen MR) is 130 cm³/mol. The summed E-state index contributed by atoms with van der Waals surface area (Å²) in [6.45, 7) is 5.87. The first-order valence-electron chi connectivity index (χ1n) is 11.9. The molecule has 7 nitrogen and oxygen atoms in total. The van der Waals surface area contributed by atoms with Gasteiger partial charge in [0.15, 0.2) is 0 Å². The van der Waals surface area contributed by atoms with Crippen LogP contribution in [-0.4, -0.2) is 42.3 Å². The van der Waals surface area contributed by atoms with Crippen molar-refractivity contribution in [2.75, 3.05) is 13.2 Å². The van der Waals surface area contributed by atoms with Crippen LogP contribution in [0.5, 0.6) is 0 Å². The molecule has 0 spiro atoms. The number of amides is 2. The van der Waals surface area contributed by atoms with Gasteiger partial charge in [0, 0.05) is 24.9 Å². The Morgan fingerprint density at radius 1 is 1.00 bits per heavy atom. The van der Waals surface area contributed by atoms with Crippen LogP contribution in [0.4, 0.5) is 4.79 Å². The lowest BCUT2D eigenvalue weighted by molar-refractivity contribution is -0.143. The number of aliphatic carboxylic acids is 1. The van der Waals surface area contributed by atoms with Gasteiger partial charge in [-0.05, 0) is 34.6 Å². The summed E-state index contributed by atoms with van der Waals surface area (Å²) >= 11 is 0. The molecule has 1 aliphatic rings. The fourth-order valence-corrected chi connectivity index (χ4v) is 4.51. The normalized spacial score (nSPS) is 14.1. The molecule has 0 aliphatic heterocycles. The molecule has 0 heterocycles. The second kappa shape index (κ2) is 11.7. The van der Waals surface area contributed by atoms with Gasteiger partial charge >= 0.3 is 12.1 Å². The molecule has 182 valence electrons. The summed E-state index contributed by atoms with van der Waals surface area (Å²) in [7, 11) is 0. The van der Waals surface area contributed by atoms with Gasteiger partial charge in [-0.3, -0.25) is 9.59 Å². The van der Waals surface area contributed by atoms with Crippen LogP contribution < -0.4 is 10.6 Å². The summed E-state index contributed by atoms with van der Waals surface area (Å²) in [4.78, 5) is 36.3. The molecule has 1 unspecified atom stereocenters. The highest BCUT2D eigenvalue weighted by molar-refractivity contribution is 5.80. The van der Waals surface area contributed by atoms with Crippen molar-refractivity contribution in [1.29, 1.82) is 0 Å². The molecule has 7 heteroatoms. The van der Waals surface area contributed by atoms with Gasteiger partial charge in [0.05, 0.1) is 5.92 Å². The third kappa shape index (κ3) is 6.16. The van der Waals surface area contributed by atoms with Crippen LogP contribution in [0.15, 0.2) is 48.5 Å². The molecule has 34 heavy (non-hydrogen) atoms. The van der Waals surface area contributed by atoms with E-state index < -0.39 is 18.0 Å². The van der Waals surface area contributed by atoms with Gasteiger partial charge in [-0.25, -0.2) is 4.79 Å². The van der Waals surface area contributed by atoms with Gasteiger partial charge in [-0.2, -0.15) is 0 Å². The van der Waals surface area contributed by atoms with Crippen molar-refractivity contribution in [2.45, 2.75) is 52.0 Å². The van der Waals surface area contributed by atoms with Crippen LogP contribution in [0.3, 0.4) is 0 Å². The minimum atomic E-state index is -0.933. The number of nitrogens with one attached hydrogen (secondary N) is 2. The summed E-state index contributed by atoms with van der Waals surface area (Å²) in [5.41, 5.74) is 4.60. The standard InChI is InChI=1S/C27H34N2O5/c1-4-9-18(14-25(30)28-15-23(17(2)3)26(31)32)29-27(33)34-16-24-21-12-7-5-10-19(21)20-11-6-8-13-22(20)24/h5-8,10-13,17-18,23-24H,4,9,14-16H2,1-3H3,(H,28,30)(H,29,33)(H,31,32)/t18-,23?/m1/s1. The first-order valence-corrected chi connectivity index (χ1v) is 11.9. The number of carbonyl (C=O) groups is 3. The number of rotatable bonds is 11. The van der Waals surface area contributed by atoms with Crippen molar-refractivity contribution in [3.05, 3.63) is 59.7 Å². The number of carboxylic acid groups (broad SMARTS) is 1. The second-order valence-corrected chi connectivity index (χ2v) is 9.15. The van der Waals surface area contributed by atoms with E-state index in [-0.39, 0.29) is 43.4 Å². The Bertz CT molecular complexity index is 974. The molecule has 3 N–H and O–H groups in total. The highest BCUT2D eigenvalue weighted by Gasteiger charge is 2.29. The van der Waals surface area contributed by atoms with E-state index in [0.717, 1.165) is 28.7 Å². The summed E-state index contributed by atoms with van der Waals surface area (Å²) < 4.78 is 5.60. The predicted octanol–water partition coefficient (Wildman–Crippen LogP) is 4.56. The van der Waals surface area contributed by atoms with Crippen molar-refractivity contribution in [1.82, 2.24) is 10.6 Å². The lowest BCUT2D eigenvalue weighted by atomic mass is 9.96. The van der Waals surface area contributed by atoms with Crippen LogP contribution in [0, 0.1) is 11.8 Å². The van der Waals surface area contributed by atoms with Crippen molar-refractivity contribution in [2.24, 2.45) is 11.8 Å². The Balaban J connectivity index is 1.55. The molecule has 2 aromatic carbocycles. The topological polar surface area (TPSA) is 105 Å². The van der Waals surface area contributed by atoms with E-state index in [0.29, 0.717) is 6.42 Å². The van der Waals surface area contributed by atoms with E-state index >= 15 is 0 Å². The minimum absolute atomic E-state index is 0.0324. The fourth-order valence-electron chi connectivity index (χ4n) is 4.51. The maximum absolute atomic E-state index is 12.6. The molecule has 2 aromatic rings. The highest BCUT2D eigenvalue weighted by atomic mass is 16.5. The molecule has 0 saturated carbocycles. The van der Waals surface area contributed by atoms with Crippen LogP contribution in [0.1, 0.15) is 57.1 Å². The van der Waals surface area contributed by atoms with Gasteiger partial charge in [0.25, 0.3) is 0 Å². The van der Waals surface area contributed by atoms with E-state index in [1.54, 1.807) is 0 Å². The van der Waals surface area contributed by atoms with Crippen LogP contribution >= 0.6 is 0 Å². The highest BCUT2D eigenvalue weighted by Crippen LogP contribution is 2.44. The molecule has 0 fully saturated rings. The zero-order chi connectivity index (χ0) is 24.7. The average molecular weight is 467 g/mol. The number of fused-ring (bicyclic) bond motifs is 3. The molecule has 0 aromatic heterocycles. The zero-order valence-corrected chi connectivity index (χ0v) is 20.0. The third-order valence-electron chi connectivity index (χ3n) is 6.38. The Morgan fingerprint density at radius 2 is 1.59 bits per heavy atom. The summed E-state index contributed by atoms with van der Waals surface area (Å²) in [5, 5.41) is 14.8. The first-order chi connectivity index (χ1) is 16.3. The van der Waals surface area contributed by atoms with E-state index in [1.807, 2.05) is 45.0 Å². The number of ether oxygens (including phenoxy) is 1. The van der Waals surface area contributed by atoms with Crippen molar-refractivity contribution < 1.29 is 24.2 Å². The Hall–Kier alpha value is -3.35. The van der Waals surface area contributed by atoms with Crippen molar-refractivity contribution >= 4 is 18.0 Å². The summed E-state index contributed by atoms with van der Waals surface area (Å²) in [6.07, 6.45) is 0.913. The van der Waals surface area contributed by atoms with Crippen LogP contribution in [0.25, 0.3) is 11.1 Å². The molecule has 2 amide bonds. The summed E-state index contributed by atoms with van der Waals surface area (Å²) in [6, 6.07) is 15.9. The fraction of sp³-hybridized carbons (Fsp3) is 0.444. The van der Waals surface area contributed by atoms with Gasteiger partial charge in [0.1, 0.15) is 6.61 Å². The Labute approximate surface area is 200 Å². The monoisotopic (exact) mass is 466 g/mol. The molecule has 3 rings (SSSR count). The lowest BCUT2D eigenvalue weighted by Gasteiger charge is -2.21. The number of carbonyl (C=O) groups excluding carboxylic acids is 2. The Morgan fingerprint density at radius 3 is 2.12 bits per heavy atom. The second-order valence-electron chi connectivity index (χ2n) is 9.15. The van der Waals surface area contributed by atoms with E-state index in [4.69, 9.17) is 4.74 Å². The third-order valence-corrected chi connectivity index (χ3v) is 6.38. The van der Waals surface area contributed by atoms with Gasteiger partial charge in [-0.15, -0.1) is 0 Å². The van der Waals surface area contributed by atoms with Gasteiger partial charge in [-0.1, -0.05) is 75.7 Å². The molecule has 0 radical (unpaired) electrons. The smallest absolute Gasteiger partial charge is 0.407 e. The van der Waals surface area contributed by atoms with Crippen molar-refractivity contribution in [3.63, 3.8) is 0 Å². The molecule has 0 bridgehead atoms. The minimum Gasteiger partial charge on any atom is -0.481 e. The van der Waals surface area contributed by atoms with E-state index in [9.17, 15) is 19.5 Å². The first kappa shape index (κ1) is 25.3. The maximum Gasteiger partial charge on any atom is 0.407 e. The van der Waals surface area contributed by atoms with Crippen LogP contribution in [-0.2, 0) is 14.3 Å². The molecular formula is C27H34N2O5. The van der Waals surface area contributed by atoms with E-state index in [2.05, 4.69) is 34.9 Å². The zero-order valence-electron chi connectivity index (χ0n) is 20.0. The Kier molecular flexibility index (Phi) is 8.68. The largest absolute Gasteiger partial charge is 0.481 e. The lowest BCUT2D eigenvalue weighted by Crippen LogP contribution is -2.41. The average Bonchev–Trinajstić information content (AvgIpc) is 3.11.